The molecule has 20 heavy (non-hydrogen) atoms. The molecule has 1 heterocycles. The Morgan fingerprint density at radius 1 is 1.25 bits per heavy atom. The molecule has 0 atom stereocenters. The summed E-state index contributed by atoms with van der Waals surface area (Å²) in [6, 6.07) is 7.66. The average Bonchev–Trinajstić information content (AvgIpc) is 2.47. The van der Waals surface area contributed by atoms with Gasteiger partial charge in [-0.3, -0.25) is 0 Å². The van der Waals surface area contributed by atoms with E-state index in [0.29, 0.717) is 31.5 Å². The van der Waals surface area contributed by atoms with Crippen LogP contribution in [-0.4, -0.2) is 35.4 Å². The van der Waals surface area contributed by atoms with E-state index >= 15 is 0 Å². The smallest absolute Gasteiger partial charge is 0.244 e. The topological polar surface area (TPSA) is 72.0 Å². The van der Waals surface area contributed by atoms with E-state index in [1.807, 2.05) is 24.3 Å². The van der Waals surface area contributed by atoms with Crippen LogP contribution in [0.3, 0.4) is 0 Å². The molecule has 106 valence electrons. The minimum Gasteiger partial charge on any atom is -0.383 e. The molecule has 0 unspecified atom stereocenters. The molecule has 0 spiro atoms. The van der Waals surface area contributed by atoms with Gasteiger partial charge in [-0.25, -0.2) is 0 Å². The summed E-state index contributed by atoms with van der Waals surface area (Å²) in [6.45, 7) is 1.79. The molecular weight excluding hydrogens is 278 g/mol. The van der Waals surface area contributed by atoms with Crippen molar-refractivity contribution in [2.24, 2.45) is 0 Å². The van der Waals surface area contributed by atoms with Crippen LogP contribution in [0.2, 0.25) is 5.02 Å². The Balaban J connectivity index is 1.93. The number of ether oxygens (including phenoxy) is 1. The molecule has 0 amide bonds. The number of nitrogens with zero attached hydrogens (tertiary/aromatic N) is 3. The van der Waals surface area contributed by atoms with E-state index in [1.54, 1.807) is 13.3 Å². The first-order chi connectivity index (χ1) is 9.79. The Hall–Kier alpha value is -1.92. The molecule has 1 aromatic carbocycles. The largest absolute Gasteiger partial charge is 0.383 e. The molecule has 2 rings (SSSR count). The highest BCUT2D eigenvalue weighted by Gasteiger charge is 2.02. The minimum absolute atomic E-state index is 0.464. The second kappa shape index (κ2) is 7.62. The molecule has 2 N–H and O–H groups in total. The van der Waals surface area contributed by atoms with Crippen molar-refractivity contribution >= 4 is 23.4 Å². The fraction of sp³-hybridized carbons (Fsp3) is 0.308. The van der Waals surface area contributed by atoms with Gasteiger partial charge < -0.3 is 15.4 Å². The van der Waals surface area contributed by atoms with Crippen molar-refractivity contribution < 1.29 is 4.74 Å². The van der Waals surface area contributed by atoms with Crippen LogP contribution in [0, 0.1) is 0 Å². The molecule has 0 fully saturated rings. The van der Waals surface area contributed by atoms with Gasteiger partial charge >= 0.3 is 0 Å². The first kappa shape index (κ1) is 14.5. The van der Waals surface area contributed by atoms with Gasteiger partial charge in [0, 0.05) is 25.2 Å². The summed E-state index contributed by atoms with van der Waals surface area (Å²) in [4.78, 5) is 4.29. The molecule has 0 aliphatic heterocycles. The maximum Gasteiger partial charge on any atom is 0.244 e. The zero-order valence-electron chi connectivity index (χ0n) is 11.1. The Kier molecular flexibility index (Phi) is 5.52. The third-order valence-electron chi connectivity index (χ3n) is 2.57. The standard InChI is InChI=1S/C13H16ClN5O/c1-20-7-6-15-13-18-12(9-17-19-13)16-8-10-4-2-3-5-11(10)14/h2-5,9H,6-8H2,1H3,(H2,15,16,18,19). The Morgan fingerprint density at radius 2 is 2.10 bits per heavy atom. The molecule has 6 nitrogen and oxygen atoms in total. The van der Waals surface area contributed by atoms with Crippen molar-refractivity contribution in [1.82, 2.24) is 15.2 Å². The predicted molar refractivity (Wildman–Crippen MR) is 79.0 cm³/mol. The maximum absolute atomic E-state index is 6.09. The Bertz CT molecular complexity index is 552. The fourth-order valence-corrected chi connectivity index (χ4v) is 1.76. The van der Waals surface area contributed by atoms with Gasteiger partial charge in [-0.2, -0.15) is 10.1 Å². The van der Waals surface area contributed by atoms with E-state index in [1.165, 1.54) is 0 Å². The van der Waals surface area contributed by atoms with E-state index in [4.69, 9.17) is 16.3 Å². The van der Waals surface area contributed by atoms with Crippen LogP contribution >= 0.6 is 11.6 Å². The van der Waals surface area contributed by atoms with Crippen molar-refractivity contribution in [2.45, 2.75) is 6.54 Å². The Morgan fingerprint density at radius 3 is 2.90 bits per heavy atom. The monoisotopic (exact) mass is 293 g/mol. The van der Waals surface area contributed by atoms with Crippen LogP contribution in [0.1, 0.15) is 5.56 Å². The second-order valence-corrected chi connectivity index (χ2v) is 4.44. The van der Waals surface area contributed by atoms with E-state index in [9.17, 15) is 0 Å². The predicted octanol–water partition coefficient (Wildman–Crippen LogP) is 2.20. The second-order valence-electron chi connectivity index (χ2n) is 4.03. The summed E-state index contributed by atoms with van der Waals surface area (Å²) in [7, 11) is 1.64. The molecule has 0 radical (unpaired) electrons. The summed E-state index contributed by atoms with van der Waals surface area (Å²) < 4.78 is 4.94. The molecule has 0 saturated carbocycles. The normalized spacial score (nSPS) is 10.3. The van der Waals surface area contributed by atoms with Crippen LogP contribution in [-0.2, 0) is 11.3 Å². The van der Waals surface area contributed by atoms with Crippen molar-refractivity contribution in [3.05, 3.63) is 41.0 Å². The number of methoxy groups -OCH3 is 1. The van der Waals surface area contributed by atoms with Gasteiger partial charge in [-0.05, 0) is 11.6 Å². The molecule has 7 heteroatoms. The van der Waals surface area contributed by atoms with Gasteiger partial charge in [0.25, 0.3) is 0 Å². The molecule has 0 aliphatic carbocycles. The van der Waals surface area contributed by atoms with Crippen molar-refractivity contribution in [1.29, 1.82) is 0 Å². The summed E-state index contributed by atoms with van der Waals surface area (Å²) in [5, 5.41) is 14.7. The highest BCUT2D eigenvalue weighted by molar-refractivity contribution is 6.31. The SMILES string of the molecule is COCCNc1nncc(NCc2ccccc2Cl)n1. The number of hydrogen-bond acceptors (Lipinski definition) is 6. The van der Waals surface area contributed by atoms with Crippen LogP contribution in [0.25, 0.3) is 0 Å². The minimum atomic E-state index is 0.464. The first-order valence-electron chi connectivity index (χ1n) is 6.19. The van der Waals surface area contributed by atoms with Gasteiger partial charge in [0.2, 0.25) is 5.95 Å². The molecule has 0 aliphatic rings. The van der Waals surface area contributed by atoms with Crippen LogP contribution < -0.4 is 10.6 Å². The summed E-state index contributed by atoms with van der Waals surface area (Å²) in [5.74, 6) is 1.10. The van der Waals surface area contributed by atoms with Crippen LogP contribution in [0.4, 0.5) is 11.8 Å². The number of rotatable bonds is 7. The molecule has 1 aromatic heterocycles. The third-order valence-corrected chi connectivity index (χ3v) is 2.93. The zero-order valence-corrected chi connectivity index (χ0v) is 11.9. The lowest BCUT2D eigenvalue weighted by Crippen LogP contribution is -2.12. The van der Waals surface area contributed by atoms with Crippen LogP contribution in [0.15, 0.2) is 30.5 Å². The summed E-state index contributed by atoms with van der Waals surface area (Å²) in [5.41, 5.74) is 1.00. The zero-order chi connectivity index (χ0) is 14.2. The molecule has 0 saturated heterocycles. The highest BCUT2D eigenvalue weighted by atomic mass is 35.5. The number of nitrogens with one attached hydrogen (secondary N) is 2. The highest BCUT2D eigenvalue weighted by Crippen LogP contribution is 2.16. The van der Waals surface area contributed by atoms with Gasteiger partial charge in [0.05, 0.1) is 12.8 Å². The lowest BCUT2D eigenvalue weighted by atomic mass is 10.2. The van der Waals surface area contributed by atoms with Gasteiger partial charge in [-0.15, -0.1) is 5.10 Å². The quantitative estimate of drug-likeness (QED) is 0.763. The average molecular weight is 294 g/mol. The van der Waals surface area contributed by atoms with Crippen molar-refractivity contribution in [3.63, 3.8) is 0 Å². The number of aromatic nitrogens is 3. The summed E-state index contributed by atoms with van der Waals surface area (Å²) in [6.07, 6.45) is 1.57. The maximum atomic E-state index is 6.09. The number of halogens is 1. The molecule has 2 aromatic rings. The number of anilines is 2. The summed E-state index contributed by atoms with van der Waals surface area (Å²) >= 11 is 6.09. The van der Waals surface area contributed by atoms with Gasteiger partial charge in [0.15, 0.2) is 5.82 Å². The van der Waals surface area contributed by atoms with Crippen molar-refractivity contribution in [2.75, 3.05) is 30.9 Å². The van der Waals surface area contributed by atoms with Crippen LogP contribution in [0.5, 0.6) is 0 Å². The number of hydrogen-bond donors (Lipinski definition) is 2. The third kappa shape index (κ3) is 4.32. The van der Waals surface area contributed by atoms with E-state index in [2.05, 4.69) is 25.8 Å². The first-order valence-corrected chi connectivity index (χ1v) is 6.57. The van der Waals surface area contributed by atoms with Gasteiger partial charge in [-0.1, -0.05) is 29.8 Å². The van der Waals surface area contributed by atoms with E-state index in [-0.39, 0.29) is 0 Å². The lowest BCUT2D eigenvalue weighted by molar-refractivity contribution is 0.210. The van der Waals surface area contributed by atoms with Crippen molar-refractivity contribution in [3.8, 4) is 0 Å². The lowest BCUT2D eigenvalue weighted by Gasteiger charge is -2.08. The fourth-order valence-electron chi connectivity index (χ4n) is 1.56. The molecular formula is C13H16ClN5O. The molecule has 0 bridgehead atoms. The van der Waals surface area contributed by atoms with E-state index < -0.39 is 0 Å². The van der Waals surface area contributed by atoms with E-state index in [0.717, 1.165) is 10.6 Å². The Labute approximate surface area is 122 Å². The number of benzene rings is 1. The van der Waals surface area contributed by atoms with Gasteiger partial charge in [0.1, 0.15) is 0 Å².